The average molecular weight is 266 g/mol. The summed E-state index contributed by atoms with van der Waals surface area (Å²) in [7, 11) is 2.40. The molecule has 2 aliphatic rings. The molecule has 1 aliphatic carbocycles. The van der Waals surface area contributed by atoms with Crippen molar-refractivity contribution < 1.29 is 0 Å². The molecule has 2 rings (SSSR count). The van der Waals surface area contributed by atoms with Gasteiger partial charge in [0.15, 0.2) is 0 Å². The SMILES string of the molecule is CCCC1CCCC(N(C)C2CCCNCC2)CC1. The van der Waals surface area contributed by atoms with Crippen molar-refractivity contribution in [1.82, 2.24) is 10.2 Å². The highest BCUT2D eigenvalue weighted by molar-refractivity contribution is 4.82. The van der Waals surface area contributed by atoms with Gasteiger partial charge in [0.25, 0.3) is 0 Å². The van der Waals surface area contributed by atoms with Crippen LogP contribution in [0.2, 0.25) is 0 Å². The average Bonchev–Trinajstić information content (AvgIpc) is 2.81. The fourth-order valence-corrected chi connectivity index (χ4v) is 4.17. The molecule has 3 atom stereocenters. The van der Waals surface area contributed by atoms with Crippen LogP contribution in [-0.4, -0.2) is 37.1 Å². The Balaban J connectivity index is 1.82. The van der Waals surface area contributed by atoms with Crippen LogP contribution in [0.25, 0.3) is 0 Å². The summed E-state index contributed by atoms with van der Waals surface area (Å²) >= 11 is 0. The molecule has 0 aromatic carbocycles. The van der Waals surface area contributed by atoms with Gasteiger partial charge in [-0.1, -0.05) is 32.6 Å². The first-order chi connectivity index (χ1) is 9.31. The predicted octanol–water partition coefficient (Wildman–Crippen LogP) is 3.81. The topological polar surface area (TPSA) is 15.3 Å². The maximum Gasteiger partial charge on any atom is 0.0108 e. The molecule has 3 unspecified atom stereocenters. The highest BCUT2D eigenvalue weighted by atomic mass is 15.2. The normalized spacial score (nSPS) is 33.9. The van der Waals surface area contributed by atoms with Gasteiger partial charge in [0.1, 0.15) is 0 Å². The molecule has 1 aliphatic heterocycles. The number of rotatable bonds is 4. The molecule has 0 bridgehead atoms. The predicted molar refractivity (Wildman–Crippen MR) is 83.5 cm³/mol. The van der Waals surface area contributed by atoms with E-state index in [1.165, 1.54) is 77.3 Å². The third-order valence-corrected chi connectivity index (χ3v) is 5.45. The van der Waals surface area contributed by atoms with Crippen molar-refractivity contribution in [2.75, 3.05) is 20.1 Å². The minimum atomic E-state index is 0.836. The largest absolute Gasteiger partial charge is 0.317 e. The molecule has 0 spiro atoms. The number of hydrogen-bond donors (Lipinski definition) is 1. The number of nitrogens with one attached hydrogen (secondary N) is 1. The second-order valence-corrected chi connectivity index (χ2v) is 6.82. The van der Waals surface area contributed by atoms with Crippen molar-refractivity contribution in [2.24, 2.45) is 5.92 Å². The summed E-state index contributed by atoms with van der Waals surface area (Å²) in [5, 5.41) is 3.54. The lowest BCUT2D eigenvalue weighted by Gasteiger charge is -2.34. The van der Waals surface area contributed by atoms with E-state index in [9.17, 15) is 0 Å². The van der Waals surface area contributed by atoms with Crippen molar-refractivity contribution >= 4 is 0 Å². The van der Waals surface area contributed by atoms with Crippen LogP contribution in [0.15, 0.2) is 0 Å². The maximum absolute atomic E-state index is 3.54. The molecule has 2 heteroatoms. The molecule has 1 heterocycles. The van der Waals surface area contributed by atoms with E-state index in [0.29, 0.717) is 0 Å². The summed E-state index contributed by atoms with van der Waals surface area (Å²) in [6.07, 6.45) is 14.3. The van der Waals surface area contributed by atoms with Crippen LogP contribution in [0.1, 0.15) is 71.1 Å². The molecule has 19 heavy (non-hydrogen) atoms. The quantitative estimate of drug-likeness (QED) is 0.778. The third kappa shape index (κ3) is 4.75. The molecular formula is C17H34N2. The van der Waals surface area contributed by atoms with Gasteiger partial charge >= 0.3 is 0 Å². The van der Waals surface area contributed by atoms with Crippen molar-refractivity contribution in [3.63, 3.8) is 0 Å². The van der Waals surface area contributed by atoms with Crippen molar-refractivity contribution in [3.8, 4) is 0 Å². The minimum Gasteiger partial charge on any atom is -0.317 e. The monoisotopic (exact) mass is 266 g/mol. The first-order valence-electron chi connectivity index (χ1n) is 8.74. The standard InChI is InChI=1S/C17H34N2/c1-3-6-15-7-4-8-16(11-10-15)19(2)17-9-5-13-18-14-12-17/h15-18H,3-14H2,1-2H3. The van der Waals surface area contributed by atoms with Gasteiger partial charge in [-0.15, -0.1) is 0 Å². The summed E-state index contributed by atoms with van der Waals surface area (Å²) in [6, 6.07) is 1.70. The van der Waals surface area contributed by atoms with E-state index < -0.39 is 0 Å². The number of hydrogen-bond acceptors (Lipinski definition) is 2. The van der Waals surface area contributed by atoms with E-state index in [1.54, 1.807) is 0 Å². The first-order valence-corrected chi connectivity index (χ1v) is 8.74. The van der Waals surface area contributed by atoms with Crippen LogP contribution in [0.4, 0.5) is 0 Å². The molecule has 0 radical (unpaired) electrons. The van der Waals surface area contributed by atoms with Crippen molar-refractivity contribution in [1.29, 1.82) is 0 Å². The van der Waals surface area contributed by atoms with Crippen LogP contribution in [-0.2, 0) is 0 Å². The molecule has 1 saturated carbocycles. The highest BCUT2D eigenvalue weighted by Crippen LogP contribution is 2.30. The Hall–Kier alpha value is -0.0800. The van der Waals surface area contributed by atoms with E-state index in [1.807, 2.05) is 0 Å². The van der Waals surface area contributed by atoms with Gasteiger partial charge in [0, 0.05) is 12.1 Å². The Kier molecular flexibility index (Phi) is 6.66. The lowest BCUT2D eigenvalue weighted by atomic mass is 9.95. The van der Waals surface area contributed by atoms with Crippen LogP contribution in [0.3, 0.4) is 0 Å². The van der Waals surface area contributed by atoms with Crippen molar-refractivity contribution in [2.45, 2.75) is 83.2 Å². The Bertz CT molecular complexity index is 233. The Morgan fingerprint density at radius 1 is 0.895 bits per heavy atom. The van der Waals surface area contributed by atoms with Crippen molar-refractivity contribution in [3.05, 3.63) is 0 Å². The minimum absolute atomic E-state index is 0.836. The zero-order chi connectivity index (χ0) is 13.5. The van der Waals surface area contributed by atoms with Crippen LogP contribution < -0.4 is 5.32 Å². The molecule has 1 saturated heterocycles. The van der Waals surface area contributed by atoms with E-state index in [4.69, 9.17) is 0 Å². The van der Waals surface area contributed by atoms with E-state index >= 15 is 0 Å². The molecule has 0 amide bonds. The molecule has 0 aromatic heterocycles. The van der Waals surface area contributed by atoms with Crippen LogP contribution in [0, 0.1) is 5.92 Å². The van der Waals surface area contributed by atoms with Crippen LogP contribution >= 0.6 is 0 Å². The second-order valence-electron chi connectivity index (χ2n) is 6.82. The smallest absolute Gasteiger partial charge is 0.0108 e. The third-order valence-electron chi connectivity index (χ3n) is 5.45. The summed E-state index contributed by atoms with van der Waals surface area (Å²) in [5.74, 6) is 1.03. The fourth-order valence-electron chi connectivity index (χ4n) is 4.17. The number of nitrogens with zero attached hydrogens (tertiary/aromatic N) is 1. The molecule has 0 aromatic rings. The van der Waals surface area contributed by atoms with Gasteiger partial charge in [0.2, 0.25) is 0 Å². The molecule has 112 valence electrons. The second kappa shape index (κ2) is 8.26. The molecular weight excluding hydrogens is 232 g/mol. The van der Waals surface area contributed by atoms with E-state index in [0.717, 1.165) is 18.0 Å². The summed E-state index contributed by atoms with van der Waals surface area (Å²) < 4.78 is 0. The van der Waals surface area contributed by atoms with Gasteiger partial charge in [-0.25, -0.2) is 0 Å². The van der Waals surface area contributed by atoms with Gasteiger partial charge < -0.3 is 10.2 Å². The van der Waals surface area contributed by atoms with Gasteiger partial charge in [-0.3, -0.25) is 0 Å². The van der Waals surface area contributed by atoms with Gasteiger partial charge in [0.05, 0.1) is 0 Å². The van der Waals surface area contributed by atoms with E-state index in [-0.39, 0.29) is 0 Å². The van der Waals surface area contributed by atoms with Crippen LogP contribution in [0.5, 0.6) is 0 Å². The maximum atomic E-state index is 3.54. The highest BCUT2D eigenvalue weighted by Gasteiger charge is 2.26. The van der Waals surface area contributed by atoms with Gasteiger partial charge in [-0.05, 0) is 64.6 Å². The van der Waals surface area contributed by atoms with Gasteiger partial charge in [-0.2, -0.15) is 0 Å². The van der Waals surface area contributed by atoms with E-state index in [2.05, 4.69) is 24.2 Å². The first kappa shape index (κ1) is 15.3. The zero-order valence-corrected chi connectivity index (χ0v) is 13.2. The summed E-state index contributed by atoms with van der Waals surface area (Å²) in [5.41, 5.74) is 0. The zero-order valence-electron chi connectivity index (χ0n) is 13.2. The summed E-state index contributed by atoms with van der Waals surface area (Å²) in [6.45, 7) is 4.79. The summed E-state index contributed by atoms with van der Waals surface area (Å²) in [4.78, 5) is 2.75. The molecule has 2 nitrogen and oxygen atoms in total. The fraction of sp³-hybridized carbons (Fsp3) is 1.00. The molecule has 1 N–H and O–H groups in total. The molecule has 2 fully saturated rings. The lowest BCUT2D eigenvalue weighted by Crippen LogP contribution is -2.40. The Labute approximate surface area is 120 Å². The Morgan fingerprint density at radius 3 is 2.53 bits per heavy atom. The lowest BCUT2D eigenvalue weighted by molar-refractivity contribution is 0.145. The Morgan fingerprint density at radius 2 is 1.68 bits per heavy atom.